The van der Waals surface area contributed by atoms with Gasteiger partial charge in [0.1, 0.15) is 11.6 Å². The molecule has 2 heterocycles. The Balaban J connectivity index is 1.73. The maximum Gasteiger partial charge on any atom is 0.231 e. The molecule has 3 rings (SSSR count). The molecule has 0 spiro atoms. The van der Waals surface area contributed by atoms with Crippen molar-refractivity contribution < 1.29 is 18.4 Å². The topological polar surface area (TPSA) is 62.3 Å². The standard InChI is InChI=1S/C15H13F2N3O2S/c1-8-7-23-15(18-8)19-14(22)9-4-13(21)20(6-9)12-3-2-10(16)5-11(12)17/h2-3,5,7,9H,4,6H2,1H3,(H,18,19,22)/t9-/m0/s1. The summed E-state index contributed by atoms with van der Waals surface area (Å²) in [4.78, 5) is 29.6. The Morgan fingerprint density at radius 1 is 1.43 bits per heavy atom. The second kappa shape index (κ2) is 6.04. The maximum atomic E-state index is 13.8. The van der Waals surface area contributed by atoms with E-state index in [1.165, 1.54) is 22.3 Å². The molecule has 1 atom stereocenters. The number of benzene rings is 1. The van der Waals surface area contributed by atoms with Gasteiger partial charge in [0.25, 0.3) is 0 Å². The molecule has 1 aromatic heterocycles. The van der Waals surface area contributed by atoms with E-state index in [1.54, 1.807) is 5.38 Å². The van der Waals surface area contributed by atoms with Gasteiger partial charge in [-0.15, -0.1) is 11.3 Å². The molecule has 0 aliphatic carbocycles. The molecule has 120 valence electrons. The number of thiazole rings is 1. The number of amides is 2. The van der Waals surface area contributed by atoms with Crippen molar-refractivity contribution in [2.45, 2.75) is 13.3 Å². The van der Waals surface area contributed by atoms with Crippen LogP contribution >= 0.6 is 11.3 Å². The van der Waals surface area contributed by atoms with Gasteiger partial charge in [0.05, 0.1) is 17.3 Å². The van der Waals surface area contributed by atoms with Crippen LogP contribution in [0.3, 0.4) is 0 Å². The number of aromatic nitrogens is 1. The van der Waals surface area contributed by atoms with Crippen LogP contribution in [0.1, 0.15) is 12.1 Å². The Morgan fingerprint density at radius 2 is 2.22 bits per heavy atom. The number of carbonyl (C=O) groups excluding carboxylic acids is 2. The van der Waals surface area contributed by atoms with Crippen LogP contribution in [0.25, 0.3) is 0 Å². The molecular formula is C15H13F2N3O2S. The summed E-state index contributed by atoms with van der Waals surface area (Å²) in [5.74, 6) is -2.85. The van der Waals surface area contributed by atoms with Gasteiger partial charge in [-0.05, 0) is 19.1 Å². The molecule has 1 aromatic carbocycles. The summed E-state index contributed by atoms with van der Waals surface area (Å²) in [5.41, 5.74) is 0.777. The van der Waals surface area contributed by atoms with Crippen LogP contribution in [0.4, 0.5) is 19.6 Å². The molecule has 2 amide bonds. The molecule has 8 heteroatoms. The molecule has 1 aliphatic heterocycles. The van der Waals surface area contributed by atoms with Crippen molar-refractivity contribution in [1.29, 1.82) is 0 Å². The molecule has 0 unspecified atom stereocenters. The van der Waals surface area contributed by atoms with Crippen molar-refractivity contribution in [3.05, 3.63) is 40.9 Å². The lowest BCUT2D eigenvalue weighted by Gasteiger charge is -2.17. The third-order valence-corrected chi connectivity index (χ3v) is 4.42. The first kappa shape index (κ1) is 15.5. The number of hydrogen-bond acceptors (Lipinski definition) is 4. The van der Waals surface area contributed by atoms with Crippen LogP contribution in [0.2, 0.25) is 0 Å². The van der Waals surface area contributed by atoms with Gasteiger partial charge in [-0.3, -0.25) is 9.59 Å². The number of carbonyl (C=O) groups is 2. The zero-order valence-corrected chi connectivity index (χ0v) is 13.0. The maximum absolute atomic E-state index is 13.8. The quantitative estimate of drug-likeness (QED) is 0.937. The van der Waals surface area contributed by atoms with Crippen molar-refractivity contribution in [3.8, 4) is 0 Å². The summed E-state index contributed by atoms with van der Waals surface area (Å²) in [5, 5.41) is 4.92. The van der Waals surface area contributed by atoms with Crippen molar-refractivity contribution in [2.24, 2.45) is 5.92 Å². The molecule has 5 nitrogen and oxygen atoms in total. The summed E-state index contributed by atoms with van der Waals surface area (Å²) < 4.78 is 26.8. The summed E-state index contributed by atoms with van der Waals surface area (Å²) in [6.07, 6.45) is -0.0208. The van der Waals surface area contributed by atoms with E-state index in [4.69, 9.17) is 0 Å². The molecule has 1 aliphatic rings. The minimum Gasteiger partial charge on any atom is -0.309 e. The Hall–Kier alpha value is -2.35. The van der Waals surface area contributed by atoms with Gasteiger partial charge < -0.3 is 10.2 Å². The number of aryl methyl sites for hydroxylation is 1. The first-order chi connectivity index (χ1) is 10.9. The highest BCUT2D eigenvalue weighted by Gasteiger charge is 2.36. The van der Waals surface area contributed by atoms with Crippen molar-refractivity contribution in [2.75, 3.05) is 16.8 Å². The first-order valence-electron chi connectivity index (χ1n) is 6.92. The van der Waals surface area contributed by atoms with Crippen molar-refractivity contribution in [1.82, 2.24) is 4.98 Å². The Kier molecular flexibility index (Phi) is 4.08. The molecule has 23 heavy (non-hydrogen) atoms. The number of rotatable bonds is 3. The van der Waals surface area contributed by atoms with E-state index >= 15 is 0 Å². The Bertz CT molecular complexity index is 778. The van der Waals surface area contributed by atoms with E-state index in [0.717, 1.165) is 11.8 Å². The largest absolute Gasteiger partial charge is 0.309 e. The third-order valence-electron chi connectivity index (χ3n) is 3.55. The van der Waals surface area contributed by atoms with Crippen LogP contribution < -0.4 is 10.2 Å². The van der Waals surface area contributed by atoms with E-state index in [0.29, 0.717) is 11.2 Å². The number of halogens is 2. The zero-order valence-electron chi connectivity index (χ0n) is 12.2. The summed E-state index contributed by atoms with van der Waals surface area (Å²) in [6, 6.07) is 3.00. The minimum atomic E-state index is -0.824. The van der Waals surface area contributed by atoms with Crippen molar-refractivity contribution in [3.63, 3.8) is 0 Å². The van der Waals surface area contributed by atoms with Gasteiger partial charge in [-0.2, -0.15) is 0 Å². The van der Waals surface area contributed by atoms with E-state index < -0.39 is 17.6 Å². The highest BCUT2D eigenvalue weighted by Crippen LogP contribution is 2.28. The van der Waals surface area contributed by atoms with Crippen LogP contribution in [0, 0.1) is 24.5 Å². The van der Waals surface area contributed by atoms with Gasteiger partial charge in [0.2, 0.25) is 11.8 Å². The van der Waals surface area contributed by atoms with Gasteiger partial charge >= 0.3 is 0 Å². The fourth-order valence-electron chi connectivity index (χ4n) is 2.44. The normalized spacial score (nSPS) is 17.6. The van der Waals surface area contributed by atoms with Gasteiger partial charge in [-0.1, -0.05) is 0 Å². The van der Waals surface area contributed by atoms with E-state index in [1.807, 2.05) is 6.92 Å². The van der Waals surface area contributed by atoms with Gasteiger partial charge in [0.15, 0.2) is 5.13 Å². The smallest absolute Gasteiger partial charge is 0.231 e. The molecule has 1 N–H and O–H groups in total. The number of hydrogen-bond donors (Lipinski definition) is 1. The lowest BCUT2D eigenvalue weighted by molar-refractivity contribution is -0.122. The highest BCUT2D eigenvalue weighted by molar-refractivity contribution is 7.13. The number of anilines is 2. The predicted octanol–water partition coefficient (Wildman–Crippen LogP) is 2.72. The molecule has 0 saturated carbocycles. The SMILES string of the molecule is Cc1csc(NC(=O)[C@H]2CC(=O)N(c3ccc(F)cc3F)C2)n1. The van der Waals surface area contributed by atoms with Crippen LogP contribution in [0.5, 0.6) is 0 Å². The average molecular weight is 337 g/mol. The van der Waals surface area contributed by atoms with Gasteiger partial charge in [0, 0.05) is 24.4 Å². The molecular weight excluding hydrogens is 324 g/mol. The summed E-state index contributed by atoms with van der Waals surface area (Å²) in [7, 11) is 0. The average Bonchev–Trinajstić information content (AvgIpc) is 3.05. The first-order valence-corrected chi connectivity index (χ1v) is 7.80. The Morgan fingerprint density at radius 3 is 2.87 bits per heavy atom. The second-order valence-corrected chi connectivity index (χ2v) is 6.14. The lowest BCUT2D eigenvalue weighted by atomic mass is 10.1. The third kappa shape index (κ3) is 3.21. The van der Waals surface area contributed by atoms with Gasteiger partial charge in [-0.25, -0.2) is 13.8 Å². The molecule has 1 saturated heterocycles. The van der Waals surface area contributed by atoms with Crippen molar-refractivity contribution >= 4 is 34.0 Å². The highest BCUT2D eigenvalue weighted by atomic mass is 32.1. The van der Waals surface area contributed by atoms with Crippen LogP contribution in [-0.4, -0.2) is 23.3 Å². The second-order valence-electron chi connectivity index (χ2n) is 5.28. The lowest BCUT2D eigenvalue weighted by Crippen LogP contribution is -2.28. The zero-order chi connectivity index (χ0) is 16.6. The molecule has 1 fully saturated rings. The minimum absolute atomic E-state index is 0.0169. The summed E-state index contributed by atoms with van der Waals surface area (Å²) in [6.45, 7) is 1.86. The predicted molar refractivity (Wildman–Crippen MR) is 82.3 cm³/mol. The molecule has 0 radical (unpaired) electrons. The molecule has 2 aromatic rings. The van der Waals surface area contributed by atoms with E-state index in [2.05, 4.69) is 10.3 Å². The fourth-order valence-corrected chi connectivity index (χ4v) is 3.13. The van der Waals surface area contributed by atoms with E-state index in [9.17, 15) is 18.4 Å². The van der Waals surface area contributed by atoms with Crippen LogP contribution in [0.15, 0.2) is 23.6 Å². The summed E-state index contributed by atoms with van der Waals surface area (Å²) >= 11 is 1.30. The number of nitrogens with one attached hydrogen (secondary N) is 1. The van der Waals surface area contributed by atoms with E-state index in [-0.39, 0.29) is 30.5 Å². The number of nitrogens with zero attached hydrogens (tertiary/aromatic N) is 2. The molecule has 0 bridgehead atoms. The fraction of sp³-hybridized carbons (Fsp3) is 0.267. The Labute approximate surface area is 134 Å². The monoisotopic (exact) mass is 337 g/mol. The van der Waals surface area contributed by atoms with Crippen LogP contribution in [-0.2, 0) is 9.59 Å².